The number of rotatable bonds is 4. The third-order valence-electron chi connectivity index (χ3n) is 3.71. The first kappa shape index (κ1) is 14.6. The van der Waals surface area contributed by atoms with Crippen molar-refractivity contribution in [2.45, 2.75) is 32.3 Å². The second kappa shape index (κ2) is 6.64. The Labute approximate surface area is 128 Å². The molecule has 0 spiro atoms. The molecular weight excluding hydrogens is 285 g/mol. The van der Waals surface area contributed by atoms with Crippen LogP contribution in [0.5, 0.6) is 6.01 Å². The topological polar surface area (TPSA) is 64.0 Å². The number of piperidine rings is 1. The van der Waals surface area contributed by atoms with E-state index in [-0.39, 0.29) is 12.1 Å². The number of aryl methyl sites for hydroxylation is 1. The van der Waals surface area contributed by atoms with Gasteiger partial charge >= 0.3 is 6.01 Å². The normalized spacial score (nSPS) is 15.8. The highest BCUT2D eigenvalue weighted by Gasteiger charge is 2.22. The molecule has 0 aliphatic carbocycles. The van der Waals surface area contributed by atoms with E-state index in [1.165, 1.54) is 0 Å². The van der Waals surface area contributed by atoms with Crippen molar-refractivity contribution in [3.8, 4) is 6.01 Å². The van der Waals surface area contributed by atoms with Crippen LogP contribution in [-0.4, -0.2) is 39.1 Å². The van der Waals surface area contributed by atoms with Crippen LogP contribution in [0.1, 0.15) is 25.5 Å². The quantitative estimate of drug-likeness (QED) is 0.861. The summed E-state index contributed by atoms with van der Waals surface area (Å²) in [5.41, 5.74) is 1.04. The highest BCUT2D eigenvalue weighted by molar-refractivity contribution is 5.39. The molecule has 6 nitrogen and oxygen atoms in total. The molecule has 0 amide bonds. The van der Waals surface area contributed by atoms with E-state index in [2.05, 4.69) is 31.8 Å². The van der Waals surface area contributed by atoms with Crippen LogP contribution in [0.15, 0.2) is 24.8 Å². The minimum atomic E-state index is -0.461. The van der Waals surface area contributed by atoms with Crippen molar-refractivity contribution in [2.24, 2.45) is 0 Å². The maximum atomic E-state index is 12.8. The molecule has 0 atom stereocenters. The number of anilines is 1. The highest BCUT2D eigenvalue weighted by atomic mass is 19.1. The summed E-state index contributed by atoms with van der Waals surface area (Å²) in [6.07, 6.45) is 6.50. The van der Waals surface area contributed by atoms with Crippen LogP contribution < -0.4 is 9.64 Å². The van der Waals surface area contributed by atoms with Gasteiger partial charge in [0.2, 0.25) is 0 Å². The fraction of sp³-hybridized carbons (Fsp3) is 0.467. The van der Waals surface area contributed by atoms with Gasteiger partial charge in [0.25, 0.3) is 0 Å². The van der Waals surface area contributed by atoms with Gasteiger partial charge in [-0.1, -0.05) is 6.92 Å². The molecule has 2 aromatic rings. The highest BCUT2D eigenvalue weighted by Crippen LogP contribution is 2.20. The lowest BCUT2D eigenvalue weighted by atomic mass is 10.1. The zero-order valence-electron chi connectivity index (χ0n) is 12.4. The molecule has 2 aromatic heterocycles. The molecule has 3 heterocycles. The summed E-state index contributed by atoms with van der Waals surface area (Å²) in [5.74, 6) is 0.501. The van der Waals surface area contributed by atoms with Gasteiger partial charge in [-0.05, 0) is 6.42 Å². The summed E-state index contributed by atoms with van der Waals surface area (Å²) < 4.78 is 18.5. The molecule has 0 bridgehead atoms. The Balaban J connectivity index is 1.56. The summed E-state index contributed by atoms with van der Waals surface area (Å²) in [6.45, 7) is 3.78. The third-order valence-corrected chi connectivity index (χ3v) is 3.71. The Kier molecular flexibility index (Phi) is 4.41. The second-order valence-corrected chi connectivity index (χ2v) is 5.21. The first-order valence-corrected chi connectivity index (χ1v) is 7.44. The van der Waals surface area contributed by atoms with Crippen molar-refractivity contribution in [3.63, 3.8) is 0 Å². The van der Waals surface area contributed by atoms with Gasteiger partial charge in [0, 0.05) is 37.7 Å². The zero-order valence-corrected chi connectivity index (χ0v) is 12.4. The molecule has 7 heteroatoms. The lowest BCUT2D eigenvalue weighted by Gasteiger charge is -2.32. The molecule has 0 unspecified atom stereocenters. The van der Waals surface area contributed by atoms with Gasteiger partial charge in [0.15, 0.2) is 5.82 Å². The summed E-state index contributed by atoms with van der Waals surface area (Å²) in [7, 11) is 0. The van der Waals surface area contributed by atoms with Crippen LogP contribution in [0, 0.1) is 5.82 Å². The van der Waals surface area contributed by atoms with Crippen LogP contribution in [0.25, 0.3) is 0 Å². The number of halogens is 1. The molecule has 0 radical (unpaired) electrons. The minimum Gasteiger partial charge on any atom is -0.460 e. The Hall–Kier alpha value is -2.31. The summed E-state index contributed by atoms with van der Waals surface area (Å²) in [4.78, 5) is 18.4. The molecule has 116 valence electrons. The van der Waals surface area contributed by atoms with Crippen LogP contribution in [0.3, 0.4) is 0 Å². The molecule has 0 aromatic carbocycles. The van der Waals surface area contributed by atoms with E-state index in [0.717, 1.165) is 56.3 Å². The van der Waals surface area contributed by atoms with Crippen LogP contribution >= 0.6 is 0 Å². The van der Waals surface area contributed by atoms with E-state index in [1.807, 2.05) is 6.07 Å². The number of nitrogens with zero attached hydrogens (tertiary/aromatic N) is 5. The van der Waals surface area contributed by atoms with E-state index in [0.29, 0.717) is 0 Å². The van der Waals surface area contributed by atoms with Crippen LogP contribution in [0.2, 0.25) is 0 Å². The molecule has 1 aliphatic rings. The van der Waals surface area contributed by atoms with Gasteiger partial charge in [-0.15, -0.1) is 0 Å². The van der Waals surface area contributed by atoms with E-state index in [4.69, 9.17) is 4.74 Å². The fourth-order valence-electron chi connectivity index (χ4n) is 2.47. The SMILES string of the molecule is CCc1cc(N2CCC(Oc3ncc(F)cn3)CC2)ncn1. The van der Waals surface area contributed by atoms with Crippen LogP contribution in [0.4, 0.5) is 10.2 Å². The predicted octanol–water partition coefficient (Wildman–Crippen LogP) is 2.02. The van der Waals surface area contributed by atoms with Crippen LogP contribution in [-0.2, 0) is 6.42 Å². The summed E-state index contributed by atoms with van der Waals surface area (Å²) in [5, 5.41) is 0. The molecule has 1 saturated heterocycles. The second-order valence-electron chi connectivity index (χ2n) is 5.21. The lowest BCUT2D eigenvalue weighted by Crippen LogP contribution is -2.39. The maximum Gasteiger partial charge on any atom is 0.316 e. The summed E-state index contributed by atoms with van der Waals surface area (Å²) >= 11 is 0. The van der Waals surface area contributed by atoms with E-state index >= 15 is 0 Å². The first-order valence-electron chi connectivity index (χ1n) is 7.44. The van der Waals surface area contributed by atoms with Crippen molar-refractivity contribution in [2.75, 3.05) is 18.0 Å². The fourth-order valence-corrected chi connectivity index (χ4v) is 2.47. The molecule has 3 rings (SSSR count). The molecule has 0 N–H and O–H groups in total. The smallest absolute Gasteiger partial charge is 0.316 e. The molecule has 1 fully saturated rings. The molecular formula is C15H18FN5O. The lowest BCUT2D eigenvalue weighted by molar-refractivity contribution is 0.155. The van der Waals surface area contributed by atoms with Gasteiger partial charge < -0.3 is 9.64 Å². The predicted molar refractivity (Wildman–Crippen MR) is 79.3 cm³/mol. The number of hydrogen-bond acceptors (Lipinski definition) is 6. The zero-order chi connectivity index (χ0) is 15.4. The van der Waals surface area contributed by atoms with Crippen molar-refractivity contribution >= 4 is 5.82 Å². The van der Waals surface area contributed by atoms with Gasteiger partial charge in [0.05, 0.1) is 12.4 Å². The number of aromatic nitrogens is 4. The van der Waals surface area contributed by atoms with Crippen molar-refractivity contribution in [1.29, 1.82) is 0 Å². The Bertz CT molecular complexity index is 614. The Morgan fingerprint density at radius 3 is 2.59 bits per heavy atom. The first-order chi connectivity index (χ1) is 10.7. The Morgan fingerprint density at radius 2 is 1.91 bits per heavy atom. The largest absolute Gasteiger partial charge is 0.460 e. The molecule has 22 heavy (non-hydrogen) atoms. The van der Waals surface area contributed by atoms with E-state index in [9.17, 15) is 4.39 Å². The van der Waals surface area contributed by atoms with Crippen molar-refractivity contribution < 1.29 is 9.13 Å². The third kappa shape index (κ3) is 3.47. The van der Waals surface area contributed by atoms with Gasteiger partial charge in [-0.25, -0.2) is 24.3 Å². The molecule has 0 saturated carbocycles. The number of hydrogen-bond donors (Lipinski definition) is 0. The van der Waals surface area contributed by atoms with Gasteiger partial charge in [0.1, 0.15) is 18.2 Å². The van der Waals surface area contributed by atoms with Gasteiger partial charge in [-0.3, -0.25) is 0 Å². The average Bonchev–Trinajstić information content (AvgIpc) is 2.58. The Morgan fingerprint density at radius 1 is 1.18 bits per heavy atom. The van der Waals surface area contributed by atoms with Crippen molar-refractivity contribution in [3.05, 3.63) is 36.3 Å². The number of ether oxygens (including phenoxy) is 1. The van der Waals surface area contributed by atoms with E-state index in [1.54, 1.807) is 6.33 Å². The monoisotopic (exact) mass is 303 g/mol. The average molecular weight is 303 g/mol. The molecule has 1 aliphatic heterocycles. The maximum absolute atomic E-state index is 12.8. The summed E-state index contributed by atoms with van der Waals surface area (Å²) in [6, 6.07) is 2.26. The van der Waals surface area contributed by atoms with Crippen molar-refractivity contribution in [1.82, 2.24) is 19.9 Å². The standard InChI is InChI=1S/C15H18FN5O/c1-2-12-7-14(20-10-19-12)21-5-3-13(4-6-21)22-15-17-8-11(16)9-18-15/h7-10,13H,2-6H2,1H3. The van der Waals surface area contributed by atoms with Gasteiger partial charge in [-0.2, -0.15) is 0 Å². The minimum absolute atomic E-state index is 0.0502. The van der Waals surface area contributed by atoms with E-state index < -0.39 is 5.82 Å².